The lowest BCUT2D eigenvalue weighted by Crippen LogP contribution is -2.41. The van der Waals surface area contributed by atoms with Gasteiger partial charge in [-0.05, 0) is 44.5 Å². The van der Waals surface area contributed by atoms with E-state index in [1.165, 1.54) is 4.90 Å². The number of amides is 2. The number of ether oxygens (including phenoxy) is 1. The first-order valence-electron chi connectivity index (χ1n) is 9.80. The Hall–Kier alpha value is -3.46. The lowest BCUT2D eigenvalue weighted by atomic mass is 10.1. The Bertz CT molecular complexity index is 1220. The fraction of sp³-hybridized carbons (Fsp3) is 0.273. The van der Waals surface area contributed by atoms with Crippen LogP contribution in [0.1, 0.15) is 34.3 Å². The summed E-state index contributed by atoms with van der Waals surface area (Å²) in [5.41, 5.74) is 9.37. The number of rotatable bonds is 3. The van der Waals surface area contributed by atoms with Crippen molar-refractivity contribution >= 4 is 56.4 Å². The van der Waals surface area contributed by atoms with E-state index >= 15 is 0 Å². The molecule has 2 amide bonds. The third-order valence-corrected chi connectivity index (χ3v) is 6.24. The number of hydrogen-bond acceptors (Lipinski definition) is 7. The first-order valence-corrected chi connectivity index (χ1v) is 10.6. The van der Waals surface area contributed by atoms with Gasteiger partial charge in [0.05, 0.1) is 17.1 Å². The molecule has 1 aliphatic heterocycles. The molecular formula is C22H22N4O4S. The van der Waals surface area contributed by atoms with Gasteiger partial charge in [0, 0.05) is 23.5 Å². The second-order valence-electron chi connectivity index (χ2n) is 7.56. The van der Waals surface area contributed by atoms with E-state index in [4.69, 9.17) is 10.5 Å². The van der Waals surface area contributed by atoms with Gasteiger partial charge < -0.3 is 20.7 Å². The predicted molar refractivity (Wildman–Crippen MR) is 120 cm³/mol. The molecule has 8 nitrogen and oxygen atoms in total. The Kier molecular flexibility index (Phi) is 5.36. The number of fused-ring (bicyclic) bond motifs is 2. The normalized spacial score (nSPS) is 15.9. The molecule has 0 bridgehead atoms. The summed E-state index contributed by atoms with van der Waals surface area (Å²) in [6.45, 7) is 5.10. The number of nitrogen functional groups attached to an aromatic ring is 1. The number of carbonyl (C=O) groups excluding carboxylic acids is 3. The third-order valence-electron chi connectivity index (χ3n) is 5.16. The first-order chi connectivity index (χ1) is 14.8. The summed E-state index contributed by atoms with van der Waals surface area (Å²) in [6, 6.07) is 8.55. The summed E-state index contributed by atoms with van der Waals surface area (Å²) in [5.74, 6) is -1.27. The first kappa shape index (κ1) is 20.8. The SMILES string of the molecule is Cc1cc(C)c2c(N)c(C(=O)OCC(=O)N3c4ccccc4NC(=O)CC3C)sc2n1. The highest BCUT2D eigenvalue weighted by Crippen LogP contribution is 2.36. The molecule has 3 heterocycles. The number of para-hydroxylation sites is 2. The van der Waals surface area contributed by atoms with E-state index in [1.54, 1.807) is 31.2 Å². The molecule has 3 aromatic rings. The molecule has 0 fully saturated rings. The minimum absolute atomic E-state index is 0.141. The number of nitrogens with one attached hydrogen (secondary N) is 1. The van der Waals surface area contributed by atoms with E-state index in [0.717, 1.165) is 28.0 Å². The van der Waals surface area contributed by atoms with Crippen LogP contribution in [0.4, 0.5) is 17.1 Å². The molecule has 31 heavy (non-hydrogen) atoms. The lowest BCUT2D eigenvalue weighted by Gasteiger charge is -2.27. The zero-order valence-corrected chi connectivity index (χ0v) is 18.2. The van der Waals surface area contributed by atoms with Gasteiger partial charge in [0.1, 0.15) is 9.71 Å². The van der Waals surface area contributed by atoms with Crippen LogP contribution in [0, 0.1) is 13.8 Å². The van der Waals surface area contributed by atoms with Gasteiger partial charge in [0.15, 0.2) is 6.61 Å². The fourth-order valence-corrected chi connectivity index (χ4v) is 4.96. The van der Waals surface area contributed by atoms with Gasteiger partial charge in [0.2, 0.25) is 5.91 Å². The molecule has 0 spiro atoms. The highest BCUT2D eigenvalue weighted by atomic mass is 32.1. The van der Waals surface area contributed by atoms with Crippen molar-refractivity contribution in [2.45, 2.75) is 33.2 Å². The topological polar surface area (TPSA) is 115 Å². The molecule has 4 rings (SSSR count). The number of aromatic nitrogens is 1. The number of nitrogens with two attached hydrogens (primary N) is 1. The quantitative estimate of drug-likeness (QED) is 0.606. The maximum atomic E-state index is 13.0. The number of benzene rings is 1. The van der Waals surface area contributed by atoms with Gasteiger partial charge in [-0.15, -0.1) is 11.3 Å². The molecule has 2 aromatic heterocycles. The smallest absolute Gasteiger partial charge is 0.351 e. The van der Waals surface area contributed by atoms with Crippen LogP contribution in [0.15, 0.2) is 30.3 Å². The van der Waals surface area contributed by atoms with Gasteiger partial charge in [0.25, 0.3) is 5.91 Å². The number of anilines is 3. The molecular weight excluding hydrogens is 416 g/mol. The van der Waals surface area contributed by atoms with Crippen LogP contribution in [0.2, 0.25) is 0 Å². The summed E-state index contributed by atoms with van der Waals surface area (Å²) in [4.78, 5) is 44.6. The van der Waals surface area contributed by atoms with Crippen LogP contribution in [0.5, 0.6) is 0 Å². The molecule has 0 radical (unpaired) electrons. The highest BCUT2D eigenvalue weighted by molar-refractivity contribution is 7.21. The summed E-state index contributed by atoms with van der Waals surface area (Å²) in [6.07, 6.45) is 0.141. The second-order valence-corrected chi connectivity index (χ2v) is 8.56. The van der Waals surface area contributed by atoms with Crippen LogP contribution < -0.4 is 16.0 Å². The minimum atomic E-state index is -0.670. The molecule has 1 atom stereocenters. The monoisotopic (exact) mass is 438 g/mol. The van der Waals surface area contributed by atoms with Crippen molar-refractivity contribution in [2.75, 3.05) is 22.6 Å². The Morgan fingerprint density at radius 3 is 2.84 bits per heavy atom. The number of hydrogen-bond donors (Lipinski definition) is 2. The van der Waals surface area contributed by atoms with Crippen LogP contribution in [0.25, 0.3) is 10.2 Å². The van der Waals surface area contributed by atoms with Crippen molar-refractivity contribution in [2.24, 2.45) is 0 Å². The lowest BCUT2D eigenvalue weighted by molar-refractivity contribution is -0.122. The van der Waals surface area contributed by atoms with Crippen LogP contribution in [0.3, 0.4) is 0 Å². The van der Waals surface area contributed by atoms with Crippen LogP contribution in [-0.2, 0) is 14.3 Å². The standard InChI is InChI=1S/C22H22N4O4S/c1-11-8-12(2)24-21-18(11)19(23)20(31-21)22(29)30-10-17(28)26-13(3)9-16(27)25-14-6-4-5-7-15(14)26/h4-8,13H,9-10,23H2,1-3H3,(H,25,27). The summed E-state index contributed by atoms with van der Waals surface area (Å²) < 4.78 is 5.32. The van der Waals surface area contributed by atoms with Gasteiger partial charge >= 0.3 is 5.97 Å². The molecule has 3 N–H and O–H groups in total. The minimum Gasteiger partial charge on any atom is -0.451 e. The van der Waals surface area contributed by atoms with E-state index in [1.807, 2.05) is 19.9 Å². The zero-order chi connectivity index (χ0) is 22.3. The summed E-state index contributed by atoms with van der Waals surface area (Å²) in [5, 5.41) is 3.53. The number of pyridine rings is 1. The highest BCUT2D eigenvalue weighted by Gasteiger charge is 2.30. The van der Waals surface area contributed by atoms with Crippen molar-refractivity contribution in [1.82, 2.24) is 4.98 Å². The fourth-order valence-electron chi connectivity index (χ4n) is 3.85. The average molecular weight is 439 g/mol. The number of esters is 1. The third kappa shape index (κ3) is 3.84. The van der Waals surface area contributed by atoms with Crippen LogP contribution in [-0.4, -0.2) is 35.4 Å². The van der Waals surface area contributed by atoms with E-state index in [0.29, 0.717) is 21.9 Å². The number of thiophene rings is 1. The maximum absolute atomic E-state index is 13.0. The zero-order valence-electron chi connectivity index (χ0n) is 17.4. The van der Waals surface area contributed by atoms with Crippen molar-refractivity contribution in [3.63, 3.8) is 0 Å². The Labute approximate surface area is 183 Å². The number of nitrogens with zero attached hydrogens (tertiary/aromatic N) is 2. The van der Waals surface area contributed by atoms with Crippen molar-refractivity contribution in [1.29, 1.82) is 0 Å². The number of aryl methyl sites for hydroxylation is 2. The van der Waals surface area contributed by atoms with Gasteiger partial charge in [-0.2, -0.15) is 0 Å². The van der Waals surface area contributed by atoms with E-state index in [-0.39, 0.29) is 23.2 Å². The van der Waals surface area contributed by atoms with E-state index < -0.39 is 18.5 Å². The van der Waals surface area contributed by atoms with Gasteiger partial charge in [-0.25, -0.2) is 9.78 Å². The van der Waals surface area contributed by atoms with Gasteiger partial charge in [-0.1, -0.05) is 12.1 Å². The molecule has 1 unspecified atom stereocenters. The average Bonchev–Trinajstić information content (AvgIpc) is 2.96. The van der Waals surface area contributed by atoms with Crippen molar-refractivity contribution in [3.05, 3.63) is 46.5 Å². The molecule has 0 aliphatic carbocycles. The molecule has 9 heteroatoms. The van der Waals surface area contributed by atoms with Gasteiger partial charge in [-0.3, -0.25) is 9.59 Å². The molecule has 0 saturated heterocycles. The predicted octanol–water partition coefficient (Wildman–Crippen LogP) is 3.42. The van der Waals surface area contributed by atoms with E-state index in [9.17, 15) is 14.4 Å². The maximum Gasteiger partial charge on any atom is 0.351 e. The van der Waals surface area contributed by atoms with Crippen molar-refractivity contribution in [3.8, 4) is 0 Å². The Morgan fingerprint density at radius 2 is 2.06 bits per heavy atom. The summed E-state index contributed by atoms with van der Waals surface area (Å²) in [7, 11) is 0. The summed E-state index contributed by atoms with van der Waals surface area (Å²) >= 11 is 1.15. The van der Waals surface area contributed by atoms with Crippen molar-refractivity contribution < 1.29 is 19.1 Å². The molecule has 0 saturated carbocycles. The Morgan fingerprint density at radius 1 is 1.32 bits per heavy atom. The molecule has 160 valence electrons. The largest absolute Gasteiger partial charge is 0.451 e. The molecule has 1 aromatic carbocycles. The van der Waals surface area contributed by atoms with Crippen LogP contribution >= 0.6 is 11.3 Å². The number of carbonyl (C=O) groups is 3. The second kappa shape index (κ2) is 7.99. The Balaban J connectivity index is 1.56. The molecule has 1 aliphatic rings. The van der Waals surface area contributed by atoms with E-state index in [2.05, 4.69) is 10.3 Å².